The van der Waals surface area contributed by atoms with Gasteiger partial charge in [0, 0.05) is 11.3 Å². The minimum absolute atomic E-state index is 0.0269. The first-order valence-corrected chi connectivity index (χ1v) is 7.93. The quantitative estimate of drug-likeness (QED) is 0.887. The zero-order valence-corrected chi connectivity index (χ0v) is 13.6. The van der Waals surface area contributed by atoms with Gasteiger partial charge in [-0.15, -0.1) is 0 Å². The normalized spacial score (nSPS) is 13.6. The molecule has 23 heavy (non-hydrogen) atoms. The van der Waals surface area contributed by atoms with E-state index in [9.17, 15) is 4.79 Å². The second-order valence-electron chi connectivity index (χ2n) is 5.83. The van der Waals surface area contributed by atoms with Gasteiger partial charge in [0.15, 0.2) is 0 Å². The number of hydrogen-bond acceptors (Lipinski definition) is 2. The van der Waals surface area contributed by atoms with E-state index < -0.39 is 0 Å². The third kappa shape index (κ3) is 3.45. The SMILES string of the molecule is COc1ccc(-c2ccc(NC(=O)C3=CCCC3)cc2C)cc1. The molecular formula is C20H21NO2. The van der Waals surface area contributed by atoms with E-state index in [2.05, 4.69) is 18.3 Å². The monoisotopic (exact) mass is 307 g/mol. The Labute approximate surface area is 137 Å². The van der Waals surface area contributed by atoms with Crippen LogP contribution in [0.15, 0.2) is 54.1 Å². The molecule has 0 fully saturated rings. The smallest absolute Gasteiger partial charge is 0.251 e. The zero-order valence-electron chi connectivity index (χ0n) is 13.6. The lowest BCUT2D eigenvalue weighted by atomic mass is 10.00. The van der Waals surface area contributed by atoms with Crippen molar-refractivity contribution in [3.05, 3.63) is 59.7 Å². The summed E-state index contributed by atoms with van der Waals surface area (Å²) in [6.45, 7) is 2.06. The molecule has 1 amide bonds. The summed E-state index contributed by atoms with van der Waals surface area (Å²) in [6, 6.07) is 14.0. The van der Waals surface area contributed by atoms with Gasteiger partial charge in [0.1, 0.15) is 5.75 Å². The van der Waals surface area contributed by atoms with Crippen LogP contribution in [0.1, 0.15) is 24.8 Å². The average molecular weight is 307 g/mol. The van der Waals surface area contributed by atoms with E-state index in [0.717, 1.165) is 53.0 Å². The van der Waals surface area contributed by atoms with Crippen LogP contribution in [0.3, 0.4) is 0 Å². The van der Waals surface area contributed by atoms with Crippen LogP contribution in [-0.2, 0) is 4.79 Å². The zero-order chi connectivity index (χ0) is 16.2. The van der Waals surface area contributed by atoms with Crippen molar-refractivity contribution >= 4 is 11.6 Å². The fourth-order valence-corrected chi connectivity index (χ4v) is 2.92. The van der Waals surface area contributed by atoms with Crippen molar-refractivity contribution in [2.24, 2.45) is 0 Å². The fourth-order valence-electron chi connectivity index (χ4n) is 2.92. The lowest BCUT2D eigenvalue weighted by molar-refractivity contribution is -0.112. The fraction of sp³-hybridized carbons (Fsp3) is 0.250. The molecule has 2 aromatic rings. The Balaban J connectivity index is 1.78. The molecule has 0 aromatic heterocycles. The van der Waals surface area contributed by atoms with Crippen molar-refractivity contribution in [3.63, 3.8) is 0 Å². The van der Waals surface area contributed by atoms with Crippen molar-refractivity contribution in [1.29, 1.82) is 0 Å². The topological polar surface area (TPSA) is 38.3 Å². The summed E-state index contributed by atoms with van der Waals surface area (Å²) < 4.78 is 5.19. The highest BCUT2D eigenvalue weighted by Gasteiger charge is 2.13. The molecule has 0 bridgehead atoms. The van der Waals surface area contributed by atoms with Crippen molar-refractivity contribution in [2.45, 2.75) is 26.2 Å². The van der Waals surface area contributed by atoms with E-state index in [1.807, 2.05) is 42.5 Å². The highest BCUT2D eigenvalue weighted by molar-refractivity contribution is 6.04. The van der Waals surface area contributed by atoms with Gasteiger partial charge in [0.05, 0.1) is 7.11 Å². The maximum Gasteiger partial charge on any atom is 0.251 e. The van der Waals surface area contributed by atoms with Crippen molar-refractivity contribution in [2.75, 3.05) is 12.4 Å². The molecule has 1 N–H and O–H groups in total. The van der Waals surface area contributed by atoms with Gasteiger partial charge in [-0.25, -0.2) is 0 Å². The van der Waals surface area contributed by atoms with Crippen LogP contribution in [-0.4, -0.2) is 13.0 Å². The van der Waals surface area contributed by atoms with Crippen LogP contribution >= 0.6 is 0 Å². The Bertz CT molecular complexity index is 745. The van der Waals surface area contributed by atoms with Gasteiger partial charge in [-0.1, -0.05) is 24.3 Å². The number of carbonyl (C=O) groups excluding carboxylic acids is 1. The molecule has 0 heterocycles. The molecule has 0 saturated heterocycles. The molecule has 3 nitrogen and oxygen atoms in total. The van der Waals surface area contributed by atoms with Crippen LogP contribution in [0.25, 0.3) is 11.1 Å². The molecule has 0 aliphatic heterocycles. The molecule has 3 heteroatoms. The molecule has 0 spiro atoms. The van der Waals surface area contributed by atoms with Crippen LogP contribution < -0.4 is 10.1 Å². The molecule has 0 saturated carbocycles. The van der Waals surface area contributed by atoms with Crippen LogP contribution in [0.5, 0.6) is 5.75 Å². The largest absolute Gasteiger partial charge is 0.497 e. The summed E-state index contributed by atoms with van der Waals surface area (Å²) in [5, 5.41) is 2.99. The number of hydrogen-bond donors (Lipinski definition) is 1. The van der Waals surface area contributed by atoms with E-state index in [4.69, 9.17) is 4.74 Å². The van der Waals surface area contributed by atoms with Gasteiger partial charge in [-0.05, 0) is 67.1 Å². The minimum atomic E-state index is 0.0269. The summed E-state index contributed by atoms with van der Waals surface area (Å²) in [6.07, 6.45) is 5.01. The first kappa shape index (κ1) is 15.3. The standard InChI is InChI=1S/C20H21NO2/c1-14-13-17(21-20(22)16-5-3-4-6-16)9-12-19(14)15-7-10-18(23-2)11-8-15/h5,7-13H,3-4,6H2,1-2H3,(H,21,22). The molecule has 0 unspecified atom stereocenters. The van der Waals surface area contributed by atoms with Gasteiger partial charge < -0.3 is 10.1 Å². The molecule has 0 radical (unpaired) electrons. The lowest BCUT2D eigenvalue weighted by Crippen LogP contribution is -2.13. The lowest BCUT2D eigenvalue weighted by Gasteiger charge is -2.11. The highest BCUT2D eigenvalue weighted by atomic mass is 16.5. The van der Waals surface area contributed by atoms with Gasteiger partial charge in [0.2, 0.25) is 0 Å². The molecule has 118 valence electrons. The summed E-state index contributed by atoms with van der Waals surface area (Å²) in [5.41, 5.74) is 5.18. The molecule has 1 aliphatic carbocycles. The predicted molar refractivity (Wildman–Crippen MR) is 93.7 cm³/mol. The number of amides is 1. The van der Waals surface area contributed by atoms with E-state index >= 15 is 0 Å². The van der Waals surface area contributed by atoms with E-state index in [-0.39, 0.29) is 5.91 Å². The van der Waals surface area contributed by atoms with Crippen LogP contribution in [0.4, 0.5) is 5.69 Å². The highest BCUT2D eigenvalue weighted by Crippen LogP contribution is 2.28. The van der Waals surface area contributed by atoms with E-state index in [1.54, 1.807) is 7.11 Å². The second kappa shape index (κ2) is 6.69. The van der Waals surface area contributed by atoms with Gasteiger partial charge in [-0.3, -0.25) is 4.79 Å². The van der Waals surface area contributed by atoms with E-state index in [1.165, 1.54) is 0 Å². The summed E-state index contributed by atoms with van der Waals surface area (Å²) >= 11 is 0. The third-order valence-corrected chi connectivity index (χ3v) is 4.22. The predicted octanol–water partition coefficient (Wildman–Crippen LogP) is 4.72. The molecule has 2 aromatic carbocycles. The first-order valence-electron chi connectivity index (χ1n) is 7.93. The maximum atomic E-state index is 12.2. The Morgan fingerprint density at radius 2 is 1.91 bits per heavy atom. The molecule has 3 rings (SSSR count). The number of aryl methyl sites for hydroxylation is 1. The average Bonchev–Trinajstić information content (AvgIpc) is 3.10. The number of allylic oxidation sites excluding steroid dienone is 1. The van der Waals surface area contributed by atoms with Gasteiger partial charge in [-0.2, -0.15) is 0 Å². The molecular weight excluding hydrogens is 286 g/mol. The van der Waals surface area contributed by atoms with E-state index in [0.29, 0.717) is 0 Å². The van der Waals surface area contributed by atoms with Crippen molar-refractivity contribution < 1.29 is 9.53 Å². The number of methoxy groups -OCH3 is 1. The second-order valence-corrected chi connectivity index (χ2v) is 5.83. The number of ether oxygens (including phenoxy) is 1. The Kier molecular flexibility index (Phi) is 4.47. The summed E-state index contributed by atoms with van der Waals surface area (Å²) in [5.74, 6) is 0.874. The Hall–Kier alpha value is -2.55. The number of benzene rings is 2. The number of anilines is 1. The molecule has 0 atom stereocenters. The third-order valence-electron chi connectivity index (χ3n) is 4.22. The van der Waals surface area contributed by atoms with Gasteiger partial charge in [0.25, 0.3) is 5.91 Å². The Morgan fingerprint density at radius 3 is 2.52 bits per heavy atom. The Morgan fingerprint density at radius 1 is 1.13 bits per heavy atom. The minimum Gasteiger partial charge on any atom is -0.497 e. The van der Waals surface area contributed by atoms with Crippen molar-refractivity contribution in [3.8, 4) is 16.9 Å². The molecule has 1 aliphatic rings. The van der Waals surface area contributed by atoms with Crippen molar-refractivity contribution in [1.82, 2.24) is 0 Å². The summed E-state index contributed by atoms with van der Waals surface area (Å²) in [4.78, 5) is 12.2. The van der Waals surface area contributed by atoms with Gasteiger partial charge >= 0.3 is 0 Å². The maximum absolute atomic E-state index is 12.2. The number of rotatable bonds is 4. The number of carbonyl (C=O) groups is 1. The summed E-state index contributed by atoms with van der Waals surface area (Å²) in [7, 11) is 1.66. The first-order chi connectivity index (χ1) is 11.2. The van der Waals surface area contributed by atoms with Crippen LogP contribution in [0.2, 0.25) is 0 Å². The number of nitrogens with one attached hydrogen (secondary N) is 1. The van der Waals surface area contributed by atoms with Crippen LogP contribution in [0, 0.1) is 6.92 Å².